The first-order chi connectivity index (χ1) is 20.6. The normalized spacial score (nSPS) is 11.1. The number of rotatable bonds is 17. The third-order valence-corrected chi connectivity index (χ3v) is 10.3. The second-order valence-corrected chi connectivity index (χ2v) is 13.4. The van der Waals surface area contributed by atoms with Crippen LogP contribution in [0.2, 0.25) is 10.0 Å². The van der Waals surface area contributed by atoms with E-state index in [1.807, 2.05) is 54.6 Å². The first-order valence-electron chi connectivity index (χ1n) is 15.2. The summed E-state index contributed by atoms with van der Waals surface area (Å²) in [7, 11) is -0.472. The van der Waals surface area contributed by atoms with Gasteiger partial charge in [0.15, 0.2) is 20.5 Å². The molecule has 4 aromatic rings. The zero-order valence-electron chi connectivity index (χ0n) is 24.5. The molecule has 4 rings (SSSR count). The fraction of sp³-hybridized carbons (Fsp3) is 0.324. The Balaban J connectivity index is 1.56. The van der Waals surface area contributed by atoms with Crippen molar-refractivity contribution in [1.29, 1.82) is 0 Å². The Morgan fingerprint density at radius 3 is 1.71 bits per heavy atom. The summed E-state index contributed by atoms with van der Waals surface area (Å²) >= 11 is 13.4. The van der Waals surface area contributed by atoms with E-state index in [1.54, 1.807) is 18.2 Å². The Hall–Kier alpha value is -2.72. The zero-order chi connectivity index (χ0) is 29.6. The number of ketones is 1. The number of unbranched alkanes of at least 4 members (excludes halogenated alkanes) is 9. The molecule has 0 aromatic heterocycles. The smallest absolute Gasteiger partial charge is 0.198 e. The number of ether oxygens (including phenoxy) is 1. The van der Waals surface area contributed by atoms with Crippen molar-refractivity contribution in [3.8, 4) is 5.75 Å². The van der Waals surface area contributed by atoms with Gasteiger partial charge in [-0.15, -0.1) is 0 Å². The highest BCUT2D eigenvalue weighted by atomic mass is 35.5. The second kappa shape index (κ2) is 17.4. The lowest BCUT2D eigenvalue weighted by Gasteiger charge is -2.15. The van der Waals surface area contributed by atoms with Gasteiger partial charge in [0.1, 0.15) is 16.6 Å². The van der Waals surface area contributed by atoms with Crippen LogP contribution in [0.1, 0.15) is 87.1 Å². The van der Waals surface area contributed by atoms with E-state index >= 15 is 0 Å². The van der Waals surface area contributed by atoms with E-state index < -0.39 is 10.9 Å². The minimum atomic E-state index is -0.472. The molecule has 0 saturated carbocycles. The number of halogens is 2. The molecule has 0 spiro atoms. The molecule has 0 heterocycles. The minimum Gasteiger partial charge on any atom is -0.493 e. The lowest BCUT2D eigenvalue weighted by atomic mass is 10.0. The molecular weight excluding hydrogens is 579 g/mol. The quantitative estimate of drug-likeness (QED) is 0.0667. The van der Waals surface area contributed by atoms with Crippen LogP contribution in [0.25, 0.3) is 0 Å². The third kappa shape index (κ3) is 9.14. The topological polar surface area (TPSA) is 26.3 Å². The standard InChI is InChI=1S/C37H41Cl2O2S/c1-2-3-4-5-6-7-8-9-10-19-26-41-35-28-36(34(39)27-32(35)37(40)31-24-17-18-25-33(31)38)42(29-20-13-11-14-21-29)30-22-15-12-16-23-30/h11-18,20-25,27-28H,2-10,19,26H2,1H3/q+1. The summed E-state index contributed by atoms with van der Waals surface area (Å²) in [5.41, 5.74) is 0.880. The fourth-order valence-electron chi connectivity index (χ4n) is 5.05. The Bertz CT molecular complexity index is 1350. The molecule has 42 heavy (non-hydrogen) atoms. The maximum absolute atomic E-state index is 13.7. The van der Waals surface area contributed by atoms with Crippen molar-refractivity contribution in [3.63, 3.8) is 0 Å². The van der Waals surface area contributed by atoms with Crippen LogP contribution >= 0.6 is 23.2 Å². The summed E-state index contributed by atoms with van der Waals surface area (Å²) in [4.78, 5) is 17.0. The van der Waals surface area contributed by atoms with Crippen molar-refractivity contribution in [2.75, 3.05) is 6.61 Å². The molecule has 220 valence electrons. The van der Waals surface area contributed by atoms with E-state index in [1.165, 1.54) is 51.4 Å². The van der Waals surface area contributed by atoms with Crippen molar-refractivity contribution in [2.24, 2.45) is 0 Å². The fourth-order valence-corrected chi connectivity index (χ4v) is 7.79. The summed E-state index contributed by atoms with van der Waals surface area (Å²) in [6.07, 6.45) is 12.5. The summed E-state index contributed by atoms with van der Waals surface area (Å²) < 4.78 is 6.39. The monoisotopic (exact) mass is 619 g/mol. The molecule has 0 saturated heterocycles. The molecule has 0 N–H and O–H groups in total. The van der Waals surface area contributed by atoms with Crippen molar-refractivity contribution in [3.05, 3.63) is 118 Å². The Labute approximate surface area is 264 Å². The lowest BCUT2D eigenvalue weighted by Crippen LogP contribution is -2.11. The van der Waals surface area contributed by atoms with Crippen LogP contribution in [-0.4, -0.2) is 12.4 Å². The van der Waals surface area contributed by atoms with Gasteiger partial charge in [0.2, 0.25) is 0 Å². The number of carbonyl (C=O) groups is 1. The van der Waals surface area contributed by atoms with Gasteiger partial charge in [-0.05, 0) is 48.9 Å². The second-order valence-electron chi connectivity index (χ2n) is 10.6. The number of hydrogen-bond acceptors (Lipinski definition) is 2. The van der Waals surface area contributed by atoms with Crippen LogP contribution in [0.4, 0.5) is 0 Å². The van der Waals surface area contributed by atoms with Gasteiger partial charge in [-0.1, -0.05) is 136 Å². The Kier molecular flexibility index (Phi) is 13.3. The van der Waals surface area contributed by atoms with Crippen molar-refractivity contribution in [2.45, 2.75) is 85.8 Å². The van der Waals surface area contributed by atoms with Crippen LogP contribution < -0.4 is 4.74 Å². The number of carbonyl (C=O) groups excluding carboxylic acids is 1. The highest BCUT2D eigenvalue weighted by molar-refractivity contribution is 7.97. The van der Waals surface area contributed by atoms with Crippen molar-refractivity contribution < 1.29 is 9.53 Å². The zero-order valence-corrected chi connectivity index (χ0v) is 26.8. The maximum Gasteiger partial charge on any atom is 0.198 e. The molecule has 5 heteroatoms. The van der Waals surface area contributed by atoms with Gasteiger partial charge in [0, 0.05) is 11.6 Å². The van der Waals surface area contributed by atoms with E-state index in [-0.39, 0.29) is 5.78 Å². The molecule has 0 aliphatic rings. The Morgan fingerprint density at radius 1 is 0.619 bits per heavy atom. The molecule has 0 radical (unpaired) electrons. The van der Waals surface area contributed by atoms with Crippen molar-refractivity contribution in [1.82, 2.24) is 0 Å². The molecule has 0 amide bonds. The van der Waals surface area contributed by atoms with Crippen LogP contribution in [0, 0.1) is 0 Å². The van der Waals surface area contributed by atoms with Crippen LogP contribution in [-0.2, 0) is 10.9 Å². The van der Waals surface area contributed by atoms with E-state index in [9.17, 15) is 4.79 Å². The predicted molar refractivity (Wildman–Crippen MR) is 179 cm³/mol. The summed E-state index contributed by atoms with van der Waals surface area (Å²) in [5.74, 6) is 0.367. The molecule has 0 aliphatic carbocycles. The molecule has 0 atom stereocenters. The van der Waals surface area contributed by atoms with E-state index in [2.05, 4.69) is 31.2 Å². The average Bonchev–Trinajstić information content (AvgIpc) is 3.02. The van der Waals surface area contributed by atoms with Gasteiger partial charge in [0.05, 0.1) is 22.2 Å². The number of hydrogen-bond donors (Lipinski definition) is 0. The molecule has 4 aromatic carbocycles. The van der Waals surface area contributed by atoms with Crippen LogP contribution in [0.3, 0.4) is 0 Å². The Morgan fingerprint density at radius 2 is 1.14 bits per heavy atom. The first kappa shape index (κ1) is 32.2. The van der Waals surface area contributed by atoms with Gasteiger partial charge in [0.25, 0.3) is 0 Å². The van der Waals surface area contributed by atoms with Gasteiger partial charge in [-0.25, -0.2) is 0 Å². The van der Waals surface area contributed by atoms with Gasteiger partial charge < -0.3 is 4.74 Å². The largest absolute Gasteiger partial charge is 0.493 e. The van der Waals surface area contributed by atoms with E-state index in [4.69, 9.17) is 27.9 Å². The van der Waals surface area contributed by atoms with Crippen LogP contribution in [0.5, 0.6) is 5.75 Å². The number of benzene rings is 4. The van der Waals surface area contributed by atoms with Crippen molar-refractivity contribution >= 4 is 39.9 Å². The minimum absolute atomic E-state index is 0.188. The summed E-state index contributed by atoms with van der Waals surface area (Å²) in [6.45, 7) is 2.80. The average molecular weight is 621 g/mol. The SMILES string of the molecule is CCCCCCCCCCCCOc1cc([S+](c2ccccc2)c2ccccc2)c(Cl)cc1C(=O)c1ccccc1Cl. The molecule has 0 unspecified atom stereocenters. The third-order valence-electron chi connectivity index (χ3n) is 7.33. The van der Waals surface area contributed by atoms with Gasteiger partial charge >= 0.3 is 0 Å². The highest BCUT2D eigenvalue weighted by Gasteiger charge is 2.33. The molecule has 2 nitrogen and oxygen atoms in total. The van der Waals surface area contributed by atoms with Gasteiger partial charge in [-0.3, -0.25) is 4.79 Å². The molecular formula is C37H41Cl2O2S+. The summed E-state index contributed by atoms with van der Waals surface area (Å²) in [6, 6.07) is 31.6. The van der Waals surface area contributed by atoms with E-state index in [0.29, 0.717) is 33.5 Å². The van der Waals surface area contributed by atoms with Gasteiger partial charge in [-0.2, -0.15) is 0 Å². The molecule has 0 fully saturated rings. The highest BCUT2D eigenvalue weighted by Crippen LogP contribution is 2.40. The molecule has 0 bridgehead atoms. The van der Waals surface area contributed by atoms with Crippen LogP contribution in [0.15, 0.2) is 112 Å². The molecule has 0 aliphatic heterocycles. The summed E-state index contributed by atoms with van der Waals surface area (Å²) in [5, 5.41) is 0.949. The lowest BCUT2D eigenvalue weighted by molar-refractivity contribution is 0.103. The van der Waals surface area contributed by atoms with E-state index in [0.717, 1.165) is 27.5 Å². The first-order valence-corrected chi connectivity index (χ1v) is 17.2. The predicted octanol–water partition coefficient (Wildman–Crippen LogP) is 11.6. The maximum atomic E-state index is 13.7.